The van der Waals surface area contributed by atoms with E-state index < -0.39 is 0 Å². The number of thiazole rings is 2. The van der Waals surface area contributed by atoms with E-state index in [1.165, 1.54) is 16.2 Å². The molecule has 1 aliphatic rings. The minimum Gasteiger partial charge on any atom is -0.494 e. The number of rotatable bonds is 6. The Balaban J connectivity index is 1.38. The Hall–Kier alpha value is -2.92. The number of halogens is 1. The number of pyridine rings is 2. The second kappa shape index (κ2) is 9.75. The van der Waals surface area contributed by atoms with Crippen molar-refractivity contribution in [1.82, 2.24) is 24.8 Å². The molecular formula is C23H21ClN6O2S2. The molecule has 34 heavy (non-hydrogen) atoms. The van der Waals surface area contributed by atoms with Gasteiger partial charge in [0.2, 0.25) is 0 Å². The summed E-state index contributed by atoms with van der Waals surface area (Å²) >= 11 is 9.32. The third-order valence-corrected chi connectivity index (χ3v) is 7.47. The highest BCUT2D eigenvalue weighted by molar-refractivity contribution is 7.15. The van der Waals surface area contributed by atoms with Crippen molar-refractivity contribution in [1.29, 1.82) is 0 Å². The van der Waals surface area contributed by atoms with Crippen molar-refractivity contribution < 1.29 is 9.53 Å². The molecule has 0 bridgehead atoms. The van der Waals surface area contributed by atoms with Gasteiger partial charge in [-0.2, -0.15) is 0 Å². The normalized spacial score (nSPS) is 13.5. The zero-order valence-corrected chi connectivity index (χ0v) is 20.9. The first kappa shape index (κ1) is 22.9. The first-order chi connectivity index (χ1) is 16.5. The molecule has 0 radical (unpaired) electrons. The summed E-state index contributed by atoms with van der Waals surface area (Å²) in [4.78, 5) is 34.3. The van der Waals surface area contributed by atoms with Gasteiger partial charge in [0.25, 0.3) is 5.91 Å². The molecule has 0 atom stereocenters. The summed E-state index contributed by atoms with van der Waals surface area (Å²) in [6.07, 6.45) is 5.79. The van der Waals surface area contributed by atoms with Crippen molar-refractivity contribution in [2.24, 2.45) is 0 Å². The van der Waals surface area contributed by atoms with Crippen molar-refractivity contribution in [3.8, 4) is 16.9 Å². The molecule has 4 aromatic rings. The first-order valence-corrected chi connectivity index (χ1v) is 12.6. The van der Waals surface area contributed by atoms with Crippen molar-refractivity contribution in [2.45, 2.75) is 26.4 Å². The number of nitrogens with one attached hydrogen (secondary N) is 1. The smallest absolute Gasteiger partial charge is 0.259 e. The Kier molecular flexibility index (Phi) is 6.55. The molecule has 174 valence electrons. The topological polar surface area (TPSA) is 93.1 Å². The second-order valence-corrected chi connectivity index (χ2v) is 10.3. The van der Waals surface area contributed by atoms with Gasteiger partial charge in [-0.3, -0.25) is 20.0 Å². The van der Waals surface area contributed by atoms with Crippen LogP contribution in [0, 0.1) is 6.92 Å². The predicted molar refractivity (Wildman–Crippen MR) is 134 cm³/mol. The Labute approximate surface area is 209 Å². The summed E-state index contributed by atoms with van der Waals surface area (Å²) in [7, 11) is 1.56. The van der Waals surface area contributed by atoms with Gasteiger partial charge in [0, 0.05) is 59.0 Å². The summed E-state index contributed by atoms with van der Waals surface area (Å²) in [5.74, 6) is 0.234. The van der Waals surface area contributed by atoms with E-state index in [1.54, 1.807) is 36.9 Å². The summed E-state index contributed by atoms with van der Waals surface area (Å²) in [5.41, 5.74) is 3.56. The molecule has 0 spiro atoms. The van der Waals surface area contributed by atoms with E-state index >= 15 is 0 Å². The maximum atomic E-state index is 13.3. The average molecular weight is 513 g/mol. The third-order valence-electron chi connectivity index (χ3n) is 5.50. The first-order valence-electron chi connectivity index (χ1n) is 10.6. The van der Waals surface area contributed by atoms with Crippen LogP contribution in [0.1, 0.15) is 31.6 Å². The minimum atomic E-state index is -0.289. The van der Waals surface area contributed by atoms with Gasteiger partial charge in [-0.25, -0.2) is 15.0 Å². The molecule has 5 rings (SSSR count). The van der Waals surface area contributed by atoms with E-state index in [-0.39, 0.29) is 5.91 Å². The summed E-state index contributed by atoms with van der Waals surface area (Å²) in [6, 6.07) is 3.53. The zero-order valence-electron chi connectivity index (χ0n) is 18.5. The number of ether oxygens (including phenoxy) is 1. The lowest BCUT2D eigenvalue weighted by molar-refractivity contribution is 0.102. The van der Waals surface area contributed by atoms with Gasteiger partial charge >= 0.3 is 0 Å². The lowest BCUT2D eigenvalue weighted by atomic mass is 10.0. The lowest BCUT2D eigenvalue weighted by Crippen LogP contribution is -2.29. The second-order valence-electron chi connectivity index (χ2n) is 7.81. The number of methoxy groups -OCH3 is 1. The molecule has 5 heterocycles. The molecule has 0 unspecified atom stereocenters. The van der Waals surface area contributed by atoms with Crippen LogP contribution in [0.5, 0.6) is 5.75 Å². The molecule has 1 amide bonds. The third kappa shape index (κ3) is 4.80. The van der Waals surface area contributed by atoms with Gasteiger partial charge in [0.05, 0.1) is 31.1 Å². The SMILES string of the molecule is COc1cnc(Cl)cc1-c1cc(C)ncc1C(=O)Nc1nc2c(s1)CN(Cc1nccs1)CC2. The number of aryl methyl sites for hydroxylation is 1. The molecule has 0 aliphatic carbocycles. The number of carbonyl (C=O) groups excluding carboxylic acids is 1. The van der Waals surface area contributed by atoms with E-state index in [1.807, 2.05) is 24.6 Å². The number of hydrogen-bond donors (Lipinski definition) is 1. The largest absolute Gasteiger partial charge is 0.494 e. The van der Waals surface area contributed by atoms with Crippen LogP contribution in [-0.2, 0) is 19.5 Å². The molecule has 1 N–H and O–H groups in total. The highest BCUT2D eigenvalue weighted by Crippen LogP contribution is 2.35. The number of nitrogens with zero attached hydrogens (tertiary/aromatic N) is 5. The Morgan fingerprint density at radius 1 is 1.24 bits per heavy atom. The van der Waals surface area contributed by atoms with Crippen LogP contribution in [0.25, 0.3) is 11.1 Å². The quantitative estimate of drug-likeness (QED) is 0.369. The average Bonchev–Trinajstić information content (AvgIpc) is 3.48. The number of aromatic nitrogens is 4. The molecule has 0 fully saturated rings. The van der Waals surface area contributed by atoms with E-state index in [0.29, 0.717) is 32.7 Å². The lowest BCUT2D eigenvalue weighted by Gasteiger charge is -2.24. The van der Waals surface area contributed by atoms with E-state index in [4.69, 9.17) is 16.3 Å². The summed E-state index contributed by atoms with van der Waals surface area (Å²) < 4.78 is 5.46. The van der Waals surface area contributed by atoms with Crippen molar-refractivity contribution in [2.75, 3.05) is 19.0 Å². The maximum Gasteiger partial charge on any atom is 0.259 e. The fraction of sp³-hybridized carbons (Fsp3) is 0.261. The monoisotopic (exact) mass is 512 g/mol. The van der Waals surface area contributed by atoms with Crippen LogP contribution in [0.3, 0.4) is 0 Å². The number of amides is 1. The van der Waals surface area contributed by atoms with Gasteiger partial charge in [-0.05, 0) is 19.1 Å². The van der Waals surface area contributed by atoms with Crippen molar-refractivity contribution in [3.63, 3.8) is 0 Å². The fourth-order valence-electron chi connectivity index (χ4n) is 3.88. The van der Waals surface area contributed by atoms with E-state index in [9.17, 15) is 4.79 Å². The Morgan fingerprint density at radius 2 is 2.12 bits per heavy atom. The summed E-state index contributed by atoms with van der Waals surface area (Å²) in [5, 5.41) is 6.96. The maximum absolute atomic E-state index is 13.3. The molecule has 11 heteroatoms. The number of fused-ring (bicyclic) bond motifs is 1. The standard InChI is InChI=1S/C23H21ClN6O2S2/c1-13-7-14(15-8-20(24)27-10-18(15)32-2)16(9-26-13)22(31)29-23-28-17-3-5-30(11-19(17)34-23)12-21-25-4-6-33-21/h4,6-10H,3,5,11-12H2,1-2H3,(H,28,29,31). The van der Waals surface area contributed by atoms with E-state index in [2.05, 4.69) is 30.2 Å². The summed E-state index contributed by atoms with van der Waals surface area (Å²) in [6.45, 7) is 4.41. The Morgan fingerprint density at radius 3 is 2.91 bits per heavy atom. The zero-order chi connectivity index (χ0) is 23.7. The van der Waals surface area contributed by atoms with Crippen molar-refractivity contribution in [3.05, 3.63) is 68.1 Å². The Bertz CT molecular complexity index is 1340. The van der Waals surface area contributed by atoms with Gasteiger partial charge in [0.15, 0.2) is 5.13 Å². The molecule has 0 saturated carbocycles. The van der Waals surface area contributed by atoms with Crippen molar-refractivity contribution >= 4 is 45.3 Å². The fourth-order valence-corrected chi connectivity index (χ4v) is 5.74. The molecule has 1 aliphatic heterocycles. The van der Waals surface area contributed by atoms with Crippen LogP contribution in [0.15, 0.2) is 36.1 Å². The molecular weight excluding hydrogens is 492 g/mol. The predicted octanol–water partition coefficient (Wildman–Crippen LogP) is 4.84. The van der Waals surface area contributed by atoms with E-state index in [0.717, 1.165) is 42.5 Å². The van der Waals surface area contributed by atoms with Crippen LogP contribution in [0.2, 0.25) is 5.15 Å². The van der Waals surface area contributed by atoms with Gasteiger partial charge < -0.3 is 4.74 Å². The molecule has 0 saturated heterocycles. The van der Waals surface area contributed by atoms with Gasteiger partial charge in [-0.15, -0.1) is 22.7 Å². The number of anilines is 1. The molecule has 8 nitrogen and oxygen atoms in total. The van der Waals surface area contributed by atoms with Crippen LogP contribution in [-0.4, -0.2) is 44.4 Å². The highest BCUT2D eigenvalue weighted by atomic mass is 35.5. The van der Waals surface area contributed by atoms with Gasteiger partial charge in [0.1, 0.15) is 15.9 Å². The van der Waals surface area contributed by atoms with Crippen LogP contribution in [0.4, 0.5) is 5.13 Å². The minimum absolute atomic E-state index is 0.289. The molecule has 4 aromatic heterocycles. The van der Waals surface area contributed by atoms with Crippen LogP contribution < -0.4 is 10.1 Å². The molecule has 0 aromatic carbocycles. The highest BCUT2D eigenvalue weighted by Gasteiger charge is 2.23. The van der Waals surface area contributed by atoms with Gasteiger partial charge in [-0.1, -0.05) is 11.6 Å². The number of carbonyl (C=O) groups is 1. The number of hydrogen-bond acceptors (Lipinski definition) is 9. The van der Waals surface area contributed by atoms with Crippen LogP contribution >= 0.6 is 34.3 Å².